The van der Waals surface area contributed by atoms with Crippen molar-refractivity contribution in [2.24, 2.45) is 0 Å². The Hall–Kier alpha value is -2.12. The summed E-state index contributed by atoms with van der Waals surface area (Å²) >= 11 is 9.11. The van der Waals surface area contributed by atoms with E-state index >= 15 is 0 Å². The van der Waals surface area contributed by atoms with Crippen molar-refractivity contribution in [3.63, 3.8) is 0 Å². The number of carbonyl (C=O) groups is 1. The molecular formula is C13H8BrClN2O4. The molecule has 0 aromatic heterocycles. The van der Waals surface area contributed by atoms with Gasteiger partial charge in [0.25, 0.3) is 11.6 Å². The fourth-order valence-electron chi connectivity index (χ4n) is 1.57. The SMILES string of the molecule is O=C(Nc1ccc([N+](=O)[O-])cc1O)c1ccc(Br)c(Cl)c1. The molecule has 0 spiro atoms. The van der Waals surface area contributed by atoms with E-state index < -0.39 is 10.8 Å². The van der Waals surface area contributed by atoms with Crippen LogP contribution in [0.1, 0.15) is 10.4 Å². The molecule has 6 nitrogen and oxygen atoms in total. The van der Waals surface area contributed by atoms with Gasteiger partial charge in [-0.15, -0.1) is 0 Å². The number of nitro groups is 1. The van der Waals surface area contributed by atoms with Crippen LogP contribution in [0.5, 0.6) is 5.75 Å². The number of non-ortho nitro benzene ring substituents is 1. The lowest BCUT2D eigenvalue weighted by atomic mass is 10.2. The normalized spacial score (nSPS) is 10.2. The molecule has 108 valence electrons. The van der Waals surface area contributed by atoms with Gasteiger partial charge in [0.1, 0.15) is 5.75 Å². The first-order valence-electron chi connectivity index (χ1n) is 5.62. The van der Waals surface area contributed by atoms with E-state index in [1.54, 1.807) is 12.1 Å². The molecule has 2 aromatic rings. The second-order valence-corrected chi connectivity index (χ2v) is 5.30. The second-order valence-electron chi connectivity index (χ2n) is 4.04. The molecule has 8 heteroatoms. The Morgan fingerprint density at radius 1 is 1.29 bits per heavy atom. The summed E-state index contributed by atoms with van der Waals surface area (Å²) in [5, 5.41) is 23.1. The molecule has 0 saturated carbocycles. The first-order valence-corrected chi connectivity index (χ1v) is 6.79. The van der Waals surface area contributed by atoms with E-state index in [9.17, 15) is 20.0 Å². The predicted octanol–water partition coefficient (Wildman–Crippen LogP) is 3.97. The van der Waals surface area contributed by atoms with Gasteiger partial charge in [-0.2, -0.15) is 0 Å². The maximum Gasteiger partial charge on any atom is 0.273 e. The lowest BCUT2D eigenvalue weighted by molar-refractivity contribution is -0.384. The molecule has 0 aliphatic heterocycles. The Kier molecular flexibility index (Phi) is 4.44. The van der Waals surface area contributed by atoms with Crippen molar-refractivity contribution < 1.29 is 14.8 Å². The van der Waals surface area contributed by atoms with Crippen molar-refractivity contribution in [2.75, 3.05) is 5.32 Å². The number of hydrogen-bond acceptors (Lipinski definition) is 4. The zero-order chi connectivity index (χ0) is 15.6. The van der Waals surface area contributed by atoms with E-state index in [1.807, 2.05) is 0 Å². The standard InChI is InChI=1S/C13H8BrClN2O4/c14-9-3-1-7(5-10(9)15)13(19)16-11-4-2-8(17(20)21)6-12(11)18/h1-6,18H,(H,16,19). The molecule has 0 aliphatic carbocycles. The van der Waals surface area contributed by atoms with E-state index in [1.165, 1.54) is 18.2 Å². The highest BCUT2D eigenvalue weighted by Gasteiger charge is 2.13. The number of anilines is 1. The number of nitrogens with zero attached hydrogens (tertiary/aromatic N) is 1. The van der Waals surface area contributed by atoms with Crippen LogP contribution in [0.25, 0.3) is 0 Å². The summed E-state index contributed by atoms with van der Waals surface area (Å²) in [5.74, 6) is -0.880. The molecule has 2 N–H and O–H groups in total. The molecule has 2 rings (SSSR count). The Bertz CT molecular complexity index is 736. The number of hydrogen-bond donors (Lipinski definition) is 2. The van der Waals surface area contributed by atoms with Gasteiger partial charge < -0.3 is 10.4 Å². The van der Waals surface area contributed by atoms with E-state index in [-0.39, 0.29) is 17.1 Å². The second kappa shape index (κ2) is 6.11. The van der Waals surface area contributed by atoms with Crippen LogP contribution in [0.15, 0.2) is 40.9 Å². The van der Waals surface area contributed by atoms with Gasteiger partial charge in [0, 0.05) is 16.1 Å². The van der Waals surface area contributed by atoms with Gasteiger partial charge in [0.15, 0.2) is 0 Å². The fourth-order valence-corrected chi connectivity index (χ4v) is 2.00. The van der Waals surface area contributed by atoms with E-state index in [2.05, 4.69) is 21.2 Å². The molecule has 0 saturated heterocycles. The highest BCUT2D eigenvalue weighted by molar-refractivity contribution is 9.10. The first-order chi connectivity index (χ1) is 9.88. The highest BCUT2D eigenvalue weighted by atomic mass is 79.9. The number of phenols is 1. The Labute approximate surface area is 132 Å². The predicted molar refractivity (Wildman–Crippen MR) is 81.9 cm³/mol. The van der Waals surface area contributed by atoms with Gasteiger partial charge in [0.05, 0.1) is 21.7 Å². The monoisotopic (exact) mass is 370 g/mol. The third-order valence-electron chi connectivity index (χ3n) is 2.62. The molecule has 2 aromatic carbocycles. The van der Waals surface area contributed by atoms with Crippen molar-refractivity contribution >= 4 is 44.8 Å². The molecule has 0 atom stereocenters. The molecular weight excluding hydrogens is 364 g/mol. The molecule has 0 bridgehead atoms. The number of amides is 1. The number of carbonyl (C=O) groups excluding carboxylic acids is 1. The van der Waals surface area contributed by atoms with Crippen LogP contribution in [-0.4, -0.2) is 15.9 Å². The maximum atomic E-state index is 12.0. The van der Waals surface area contributed by atoms with Gasteiger partial charge >= 0.3 is 0 Å². The van der Waals surface area contributed by atoms with Crippen molar-refractivity contribution in [2.45, 2.75) is 0 Å². The minimum atomic E-state index is -0.639. The first kappa shape index (κ1) is 15.3. The van der Waals surface area contributed by atoms with Crippen LogP contribution >= 0.6 is 27.5 Å². The number of benzene rings is 2. The topological polar surface area (TPSA) is 92.5 Å². The van der Waals surface area contributed by atoms with Gasteiger partial charge in [-0.1, -0.05) is 11.6 Å². The van der Waals surface area contributed by atoms with E-state index in [0.29, 0.717) is 15.1 Å². The van der Waals surface area contributed by atoms with Crippen LogP contribution in [-0.2, 0) is 0 Å². The van der Waals surface area contributed by atoms with Crippen molar-refractivity contribution in [3.05, 3.63) is 61.6 Å². The molecule has 0 fully saturated rings. The van der Waals surface area contributed by atoms with E-state index in [4.69, 9.17) is 11.6 Å². The summed E-state index contributed by atoms with van der Waals surface area (Å²) in [6.45, 7) is 0. The van der Waals surface area contributed by atoms with Crippen molar-refractivity contribution in [3.8, 4) is 5.75 Å². The Morgan fingerprint density at radius 3 is 2.57 bits per heavy atom. The smallest absolute Gasteiger partial charge is 0.273 e. The summed E-state index contributed by atoms with van der Waals surface area (Å²) in [7, 11) is 0. The summed E-state index contributed by atoms with van der Waals surface area (Å²) in [6, 6.07) is 8.03. The lowest BCUT2D eigenvalue weighted by Crippen LogP contribution is -2.12. The summed E-state index contributed by atoms with van der Waals surface area (Å²) < 4.78 is 0.652. The zero-order valence-corrected chi connectivity index (χ0v) is 12.7. The zero-order valence-electron chi connectivity index (χ0n) is 10.3. The number of aromatic hydroxyl groups is 1. The van der Waals surface area contributed by atoms with Crippen LogP contribution in [0, 0.1) is 10.1 Å². The number of nitrogens with one attached hydrogen (secondary N) is 1. The summed E-state index contributed by atoms with van der Waals surface area (Å²) in [6.07, 6.45) is 0. The minimum absolute atomic E-state index is 0.0737. The highest BCUT2D eigenvalue weighted by Crippen LogP contribution is 2.29. The maximum absolute atomic E-state index is 12.0. The molecule has 0 radical (unpaired) electrons. The number of phenolic OH excluding ortho intramolecular Hbond substituents is 1. The van der Waals surface area contributed by atoms with Gasteiger partial charge in [-0.25, -0.2) is 0 Å². The summed E-state index contributed by atoms with van der Waals surface area (Å²) in [5.41, 5.74) is 0.0998. The summed E-state index contributed by atoms with van der Waals surface area (Å²) in [4.78, 5) is 21.9. The molecule has 0 unspecified atom stereocenters. The van der Waals surface area contributed by atoms with Gasteiger partial charge in [-0.3, -0.25) is 14.9 Å². The largest absolute Gasteiger partial charge is 0.506 e. The number of rotatable bonds is 3. The molecule has 0 aliphatic rings. The average Bonchev–Trinajstić information content (AvgIpc) is 2.43. The van der Waals surface area contributed by atoms with Crippen LogP contribution < -0.4 is 5.32 Å². The van der Waals surface area contributed by atoms with E-state index in [0.717, 1.165) is 6.07 Å². The minimum Gasteiger partial charge on any atom is -0.506 e. The molecule has 1 amide bonds. The number of nitro benzene ring substituents is 1. The molecule has 21 heavy (non-hydrogen) atoms. The quantitative estimate of drug-likeness (QED) is 0.485. The van der Waals surface area contributed by atoms with Crippen LogP contribution in [0.4, 0.5) is 11.4 Å². The number of halogens is 2. The average molecular weight is 372 g/mol. The van der Waals surface area contributed by atoms with Gasteiger partial charge in [0.2, 0.25) is 0 Å². The Morgan fingerprint density at radius 2 is 2.00 bits per heavy atom. The fraction of sp³-hybridized carbons (Fsp3) is 0. The Balaban J connectivity index is 2.23. The van der Waals surface area contributed by atoms with Crippen molar-refractivity contribution in [1.82, 2.24) is 0 Å². The van der Waals surface area contributed by atoms with Crippen molar-refractivity contribution in [1.29, 1.82) is 0 Å². The van der Waals surface area contributed by atoms with Gasteiger partial charge in [-0.05, 0) is 40.2 Å². The van der Waals surface area contributed by atoms with Crippen LogP contribution in [0.3, 0.4) is 0 Å². The third kappa shape index (κ3) is 3.50. The lowest BCUT2D eigenvalue weighted by Gasteiger charge is -2.08. The molecule has 0 heterocycles. The third-order valence-corrected chi connectivity index (χ3v) is 3.85. The van der Waals surface area contributed by atoms with Crippen LogP contribution in [0.2, 0.25) is 5.02 Å².